The van der Waals surface area contributed by atoms with E-state index in [2.05, 4.69) is 0 Å². The Labute approximate surface area is 93.5 Å². The molecule has 0 spiro atoms. The van der Waals surface area contributed by atoms with Gasteiger partial charge in [-0.05, 0) is 24.1 Å². The Bertz CT molecular complexity index is 403. The van der Waals surface area contributed by atoms with Gasteiger partial charge in [0, 0.05) is 6.04 Å². The summed E-state index contributed by atoms with van der Waals surface area (Å²) in [4.78, 5) is 10.5. The highest BCUT2D eigenvalue weighted by Gasteiger charge is 2.14. The predicted molar refractivity (Wildman–Crippen MR) is 58.6 cm³/mol. The van der Waals surface area contributed by atoms with Crippen LogP contribution >= 0.6 is 0 Å². The van der Waals surface area contributed by atoms with Crippen molar-refractivity contribution in [1.82, 2.24) is 0 Å². The Morgan fingerprint density at radius 1 is 1.56 bits per heavy atom. The number of methoxy groups -OCH3 is 1. The number of benzene rings is 1. The van der Waals surface area contributed by atoms with Crippen LogP contribution in [0.4, 0.5) is 0 Å². The third kappa shape index (κ3) is 2.64. The maximum atomic E-state index is 10.5. The number of aryl methyl sites for hydroxylation is 1. The number of hydrogen-bond donors (Lipinski definition) is 3. The topological polar surface area (TPSA) is 92.8 Å². The van der Waals surface area contributed by atoms with Crippen LogP contribution in [-0.4, -0.2) is 23.3 Å². The number of aliphatic carboxylic acids is 1. The lowest BCUT2D eigenvalue weighted by atomic mass is 10.0. The number of phenolic OH excluding ortho intramolecular Hbond substituents is 1. The summed E-state index contributed by atoms with van der Waals surface area (Å²) in [5, 5.41) is 18.2. The largest absolute Gasteiger partial charge is 0.504 e. The molecular formula is C11H15NO4. The van der Waals surface area contributed by atoms with Crippen molar-refractivity contribution >= 4 is 5.97 Å². The van der Waals surface area contributed by atoms with Crippen LogP contribution in [0.2, 0.25) is 0 Å². The van der Waals surface area contributed by atoms with E-state index >= 15 is 0 Å². The van der Waals surface area contributed by atoms with Crippen LogP contribution in [0.25, 0.3) is 0 Å². The standard InChI is InChI=1S/C11H15NO4/c1-6-3-7(8(12)5-10(13)14)4-9(16-2)11(6)15/h3-4,8,15H,5,12H2,1-2H3,(H,13,14). The van der Waals surface area contributed by atoms with Gasteiger partial charge in [-0.3, -0.25) is 4.79 Å². The number of phenols is 1. The molecule has 88 valence electrons. The van der Waals surface area contributed by atoms with Gasteiger partial charge in [0.05, 0.1) is 13.5 Å². The highest BCUT2D eigenvalue weighted by atomic mass is 16.5. The average molecular weight is 225 g/mol. The van der Waals surface area contributed by atoms with Crippen molar-refractivity contribution in [3.05, 3.63) is 23.3 Å². The molecule has 0 saturated carbocycles. The molecule has 0 bridgehead atoms. The summed E-state index contributed by atoms with van der Waals surface area (Å²) in [6.07, 6.45) is -0.159. The number of carbonyl (C=O) groups is 1. The molecule has 5 heteroatoms. The zero-order chi connectivity index (χ0) is 12.3. The second-order valence-electron chi connectivity index (χ2n) is 3.59. The van der Waals surface area contributed by atoms with Crippen molar-refractivity contribution in [3.63, 3.8) is 0 Å². The van der Waals surface area contributed by atoms with Crippen molar-refractivity contribution in [3.8, 4) is 11.5 Å². The van der Waals surface area contributed by atoms with Crippen molar-refractivity contribution in [2.75, 3.05) is 7.11 Å². The first kappa shape index (κ1) is 12.3. The van der Waals surface area contributed by atoms with E-state index in [-0.39, 0.29) is 12.2 Å². The number of aromatic hydroxyl groups is 1. The van der Waals surface area contributed by atoms with Crippen LogP contribution in [0.1, 0.15) is 23.6 Å². The molecule has 0 aliphatic heterocycles. The molecular weight excluding hydrogens is 210 g/mol. The molecule has 0 saturated heterocycles. The van der Waals surface area contributed by atoms with Gasteiger partial charge in [-0.25, -0.2) is 0 Å². The molecule has 0 amide bonds. The van der Waals surface area contributed by atoms with Gasteiger partial charge in [0.2, 0.25) is 0 Å². The molecule has 0 aromatic heterocycles. The molecule has 1 aromatic rings. The molecule has 0 radical (unpaired) electrons. The third-order valence-electron chi connectivity index (χ3n) is 2.33. The summed E-state index contributed by atoms with van der Waals surface area (Å²) >= 11 is 0. The van der Waals surface area contributed by atoms with E-state index in [1.54, 1.807) is 19.1 Å². The van der Waals surface area contributed by atoms with E-state index in [4.69, 9.17) is 15.6 Å². The average Bonchev–Trinajstić information content (AvgIpc) is 2.20. The van der Waals surface area contributed by atoms with E-state index < -0.39 is 12.0 Å². The minimum absolute atomic E-state index is 0.0498. The summed E-state index contributed by atoms with van der Waals surface area (Å²) in [7, 11) is 1.43. The number of carboxylic acids is 1. The minimum atomic E-state index is -0.961. The van der Waals surface area contributed by atoms with Crippen molar-refractivity contribution in [2.45, 2.75) is 19.4 Å². The lowest BCUT2D eigenvalue weighted by Gasteiger charge is -2.13. The monoisotopic (exact) mass is 225 g/mol. The second kappa shape index (κ2) is 4.85. The van der Waals surface area contributed by atoms with E-state index in [1.165, 1.54) is 7.11 Å². The van der Waals surface area contributed by atoms with Crippen LogP contribution in [0.3, 0.4) is 0 Å². The SMILES string of the molecule is COc1cc(C(N)CC(=O)O)cc(C)c1O. The van der Waals surface area contributed by atoms with Crippen LogP contribution in [0, 0.1) is 6.92 Å². The lowest BCUT2D eigenvalue weighted by molar-refractivity contribution is -0.137. The van der Waals surface area contributed by atoms with E-state index in [1.807, 2.05) is 0 Å². The van der Waals surface area contributed by atoms with Gasteiger partial charge in [0.1, 0.15) is 0 Å². The number of carboxylic acid groups (broad SMARTS) is 1. The minimum Gasteiger partial charge on any atom is -0.504 e. The summed E-state index contributed by atoms with van der Waals surface area (Å²) in [5.74, 6) is -0.609. The van der Waals surface area contributed by atoms with Crippen LogP contribution in [-0.2, 0) is 4.79 Å². The van der Waals surface area contributed by atoms with Gasteiger partial charge in [-0.1, -0.05) is 6.07 Å². The quantitative estimate of drug-likeness (QED) is 0.715. The van der Waals surface area contributed by atoms with Crippen molar-refractivity contribution < 1.29 is 19.7 Å². The first-order valence-corrected chi connectivity index (χ1v) is 4.80. The van der Waals surface area contributed by atoms with Crippen molar-refractivity contribution in [2.24, 2.45) is 5.73 Å². The van der Waals surface area contributed by atoms with Crippen LogP contribution < -0.4 is 10.5 Å². The molecule has 1 unspecified atom stereocenters. The maximum Gasteiger partial charge on any atom is 0.305 e. The number of rotatable bonds is 4. The zero-order valence-electron chi connectivity index (χ0n) is 9.23. The van der Waals surface area contributed by atoms with Gasteiger partial charge >= 0.3 is 5.97 Å². The Kier molecular flexibility index (Phi) is 3.73. The van der Waals surface area contributed by atoms with E-state index in [0.717, 1.165) is 0 Å². The fourth-order valence-electron chi connectivity index (χ4n) is 1.45. The van der Waals surface area contributed by atoms with Crippen LogP contribution in [0.5, 0.6) is 11.5 Å². The normalized spacial score (nSPS) is 12.2. The van der Waals surface area contributed by atoms with Gasteiger partial charge in [-0.2, -0.15) is 0 Å². The van der Waals surface area contributed by atoms with Gasteiger partial charge in [0.25, 0.3) is 0 Å². The zero-order valence-corrected chi connectivity index (χ0v) is 9.23. The number of ether oxygens (including phenoxy) is 1. The second-order valence-corrected chi connectivity index (χ2v) is 3.59. The Morgan fingerprint density at radius 3 is 2.69 bits per heavy atom. The Morgan fingerprint density at radius 2 is 2.19 bits per heavy atom. The number of nitrogens with two attached hydrogens (primary N) is 1. The molecule has 0 fully saturated rings. The molecule has 0 heterocycles. The molecule has 1 aromatic carbocycles. The molecule has 4 N–H and O–H groups in total. The fourth-order valence-corrected chi connectivity index (χ4v) is 1.45. The Balaban J connectivity index is 3.05. The predicted octanol–water partition coefficient (Wildman–Crippen LogP) is 1.18. The first-order chi connectivity index (χ1) is 7.45. The molecule has 0 aliphatic carbocycles. The summed E-state index contributed by atoms with van der Waals surface area (Å²) in [6, 6.07) is 2.60. The van der Waals surface area contributed by atoms with Gasteiger partial charge in [-0.15, -0.1) is 0 Å². The van der Waals surface area contributed by atoms with Gasteiger partial charge < -0.3 is 20.7 Å². The summed E-state index contributed by atoms with van der Waals surface area (Å²) in [6.45, 7) is 1.70. The first-order valence-electron chi connectivity index (χ1n) is 4.80. The molecule has 1 atom stereocenters. The molecule has 5 nitrogen and oxygen atoms in total. The smallest absolute Gasteiger partial charge is 0.305 e. The maximum absolute atomic E-state index is 10.5. The van der Waals surface area contributed by atoms with Gasteiger partial charge in [0.15, 0.2) is 11.5 Å². The fraction of sp³-hybridized carbons (Fsp3) is 0.364. The summed E-state index contributed by atoms with van der Waals surface area (Å²) < 4.78 is 4.97. The van der Waals surface area contributed by atoms with Crippen molar-refractivity contribution in [1.29, 1.82) is 0 Å². The Hall–Kier alpha value is -1.75. The third-order valence-corrected chi connectivity index (χ3v) is 2.33. The van der Waals surface area contributed by atoms with Crippen LogP contribution in [0.15, 0.2) is 12.1 Å². The number of hydrogen-bond acceptors (Lipinski definition) is 4. The highest BCUT2D eigenvalue weighted by Crippen LogP contribution is 2.32. The highest BCUT2D eigenvalue weighted by molar-refractivity contribution is 5.68. The molecule has 0 aliphatic rings. The van der Waals surface area contributed by atoms with E-state index in [9.17, 15) is 9.90 Å². The lowest BCUT2D eigenvalue weighted by Crippen LogP contribution is -2.15. The molecule has 1 rings (SSSR count). The van der Waals surface area contributed by atoms with E-state index in [0.29, 0.717) is 16.9 Å². The molecule has 16 heavy (non-hydrogen) atoms. The summed E-state index contributed by atoms with van der Waals surface area (Å²) in [5.41, 5.74) is 6.96.